The van der Waals surface area contributed by atoms with E-state index in [0.717, 1.165) is 0 Å². The normalized spacial score (nSPS) is 1.86. The van der Waals surface area contributed by atoms with Crippen LogP contribution in [0.5, 0.6) is 0 Å². The first kappa shape index (κ1) is 90.3. The molecule has 7 heavy (non-hydrogen) atoms. The van der Waals surface area contributed by atoms with Gasteiger partial charge >= 0.3 is 0 Å². The molecule has 0 rings (SSSR count). The molecule has 0 aromatic carbocycles. The van der Waals surface area contributed by atoms with E-state index in [-0.39, 0.29) is 18.8 Å². The Morgan fingerprint density at radius 1 is 1.00 bits per heavy atom. The zero-order valence-corrected chi connectivity index (χ0v) is 3.92. The first-order valence-electron chi connectivity index (χ1n) is 0.986. The van der Waals surface area contributed by atoms with Crippen LogP contribution in [-0.4, -0.2) is 0 Å². The molecular weight excluding hydrogens is 112 g/mol. The molecule has 0 saturated heterocycles. The molecule has 0 aliphatic rings. The quantitative estimate of drug-likeness (QED) is 0.339. The predicted octanol–water partition coefficient (Wildman–Crippen LogP) is 1.80. The zero-order valence-electron chi connectivity index (χ0n) is 3.92. The molecule has 0 unspecified atom stereocenters. The highest BCUT2D eigenvalue weighted by atomic mass is 19.0. The summed E-state index contributed by atoms with van der Waals surface area (Å²) in [6.45, 7) is 5.25. The molecule has 0 fully saturated rings. The number of rotatable bonds is 0. The van der Waals surface area contributed by atoms with Crippen molar-refractivity contribution in [1.82, 2.24) is 0 Å². The Kier molecular flexibility index (Phi) is 6620. The van der Waals surface area contributed by atoms with Gasteiger partial charge in [0, 0.05) is 0 Å². The summed E-state index contributed by atoms with van der Waals surface area (Å²) >= 11 is 0. The highest BCUT2D eigenvalue weighted by Gasteiger charge is 1.15. The summed E-state index contributed by atoms with van der Waals surface area (Å²) in [7, 11) is 0. The van der Waals surface area contributed by atoms with E-state index in [1.165, 1.54) is 0 Å². The predicted molar refractivity (Wildman–Crippen MR) is 25.9 cm³/mol. The second-order valence-electron chi connectivity index (χ2n) is 0.408. The van der Waals surface area contributed by atoms with Crippen molar-refractivity contribution in [2.75, 3.05) is 0 Å². The molecule has 0 saturated carbocycles. The van der Waals surface area contributed by atoms with Gasteiger partial charge in [0.2, 0.25) is 0 Å². The van der Waals surface area contributed by atoms with Gasteiger partial charge in [0.15, 0.2) is 0 Å². The van der Waals surface area contributed by atoms with Gasteiger partial charge in [-0.2, -0.15) is 0 Å². The SMILES string of the molecule is C=CC.F.F.F.F. The van der Waals surface area contributed by atoms with Gasteiger partial charge in [-0.3, -0.25) is 18.8 Å². The maximum Gasteiger partial charge on any atom is -0.0473 e. The van der Waals surface area contributed by atoms with Crippen molar-refractivity contribution >= 4 is 0 Å². The van der Waals surface area contributed by atoms with Gasteiger partial charge < -0.3 is 0 Å². The lowest BCUT2D eigenvalue weighted by Gasteiger charge is -1.31. The van der Waals surface area contributed by atoms with Gasteiger partial charge in [-0.05, 0) is 6.92 Å². The molecule has 0 spiro atoms. The molecule has 0 N–H and O–H groups in total. The molecule has 0 aromatic heterocycles. The van der Waals surface area contributed by atoms with Crippen molar-refractivity contribution in [3.8, 4) is 0 Å². The van der Waals surface area contributed by atoms with E-state index in [1.807, 2.05) is 6.92 Å². The fraction of sp³-hybridized carbons (Fsp3) is 0.333. The Morgan fingerprint density at radius 2 is 1.00 bits per heavy atom. The van der Waals surface area contributed by atoms with Crippen LogP contribution >= 0.6 is 0 Å². The highest BCUT2D eigenvalue weighted by molar-refractivity contribution is 4.51. The van der Waals surface area contributed by atoms with E-state index < -0.39 is 0 Å². The third kappa shape index (κ3) is 224. The Bertz CT molecular complexity index is 14.4. The topological polar surface area (TPSA) is 0 Å². The van der Waals surface area contributed by atoms with E-state index in [4.69, 9.17) is 0 Å². The molecule has 4 heteroatoms. The second-order valence-corrected chi connectivity index (χ2v) is 0.408. The van der Waals surface area contributed by atoms with E-state index in [0.29, 0.717) is 0 Å². The molecule has 0 amide bonds. The molecule has 0 nitrogen and oxygen atoms in total. The van der Waals surface area contributed by atoms with Gasteiger partial charge in [0.1, 0.15) is 0 Å². The fourth-order valence-electron chi connectivity index (χ4n) is 0. The molecule has 0 aliphatic heterocycles. The van der Waals surface area contributed by atoms with Crippen LogP contribution < -0.4 is 0 Å². The molecular formula is C3H10F4. The summed E-state index contributed by atoms with van der Waals surface area (Å²) in [5.74, 6) is 0. The smallest absolute Gasteiger partial charge is 0.0473 e. The lowest BCUT2D eigenvalue weighted by atomic mass is 10.8. The third-order valence-corrected chi connectivity index (χ3v) is 0. The molecule has 0 bridgehead atoms. The number of halogens is 4. The van der Waals surface area contributed by atoms with Crippen LogP contribution in [0.3, 0.4) is 0 Å². The Balaban J connectivity index is -0.00000000333. The lowest BCUT2D eigenvalue weighted by molar-refractivity contribution is 1.11. The third-order valence-electron chi connectivity index (χ3n) is 0. The van der Waals surface area contributed by atoms with Crippen LogP contribution in [0.2, 0.25) is 0 Å². The summed E-state index contributed by atoms with van der Waals surface area (Å²) in [5, 5.41) is 0. The first-order valence-corrected chi connectivity index (χ1v) is 0.986. The number of hydrogen-bond donors (Lipinski definition) is 0. The number of allylic oxidation sites excluding steroid dienone is 1. The van der Waals surface area contributed by atoms with Crippen molar-refractivity contribution in [3.05, 3.63) is 12.7 Å². The van der Waals surface area contributed by atoms with Crippen LogP contribution in [0.1, 0.15) is 6.92 Å². The number of hydrogen-bond acceptors (Lipinski definition) is 0. The average Bonchev–Trinajstić information content (AvgIpc) is 0.918. The first-order chi connectivity index (χ1) is 1.41. The van der Waals surface area contributed by atoms with Crippen molar-refractivity contribution in [3.63, 3.8) is 0 Å². The molecule has 0 aromatic rings. The van der Waals surface area contributed by atoms with Gasteiger partial charge in [0.05, 0.1) is 0 Å². The monoisotopic (exact) mass is 122 g/mol. The average molecular weight is 122 g/mol. The van der Waals surface area contributed by atoms with Crippen molar-refractivity contribution in [2.24, 2.45) is 0 Å². The van der Waals surface area contributed by atoms with E-state index >= 15 is 0 Å². The second kappa shape index (κ2) is 513. The van der Waals surface area contributed by atoms with Crippen LogP contribution in [0, 0.1) is 0 Å². The van der Waals surface area contributed by atoms with Crippen molar-refractivity contribution in [1.29, 1.82) is 0 Å². The minimum atomic E-state index is 0. The van der Waals surface area contributed by atoms with Crippen LogP contribution in [0.25, 0.3) is 0 Å². The maximum absolute atomic E-state index is 3.36. The minimum Gasteiger partial charge on any atom is -0.269 e. The van der Waals surface area contributed by atoms with Gasteiger partial charge in [-0.25, -0.2) is 0 Å². The maximum atomic E-state index is 3.36. The summed E-state index contributed by atoms with van der Waals surface area (Å²) in [6, 6.07) is 0. The summed E-state index contributed by atoms with van der Waals surface area (Å²) in [5.41, 5.74) is 0. The molecule has 0 atom stereocenters. The van der Waals surface area contributed by atoms with Crippen molar-refractivity contribution < 1.29 is 18.8 Å². The lowest BCUT2D eigenvalue weighted by Crippen LogP contribution is -1.07. The zero-order chi connectivity index (χ0) is 2.71. The summed E-state index contributed by atoms with van der Waals surface area (Å²) in [4.78, 5) is 0. The Labute approximate surface area is 39.7 Å². The highest BCUT2D eigenvalue weighted by Crippen LogP contribution is 1.38. The van der Waals surface area contributed by atoms with E-state index in [2.05, 4.69) is 6.58 Å². The van der Waals surface area contributed by atoms with Gasteiger partial charge in [-0.1, -0.05) is 6.08 Å². The molecule has 0 radical (unpaired) electrons. The Morgan fingerprint density at radius 3 is 1.00 bits per heavy atom. The standard InChI is InChI=1S/C3H6.4FH/c1-3-2;;;;/h3H,1H2,2H3;4*1H. The summed E-state index contributed by atoms with van der Waals surface area (Å²) in [6.07, 6.45) is 1.75. The largest absolute Gasteiger partial charge is 0.269 e. The van der Waals surface area contributed by atoms with Crippen LogP contribution in [-0.2, 0) is 0 Å². The summed E-state index contributed by atoms with van der Waals surface area (Å²) < 4.78 is 0. The van der Waals surface area contributed by atoms with Crippen LogP contribution in [0.15, 0.2) is 12.7 Å². The minimum absolute atomic E-state index is 0. The van der Waals surface area contributed by atoms with Crippen molar-refractivity contribution in [2.45, 2.75) is 6.92 Å². The Hall–Kier alpha value is -0.540. The fourth-order valence-corrected chi connectivity index (χ4v) is 0. The van der Waals surface area contributed by atoms with Gasteiger partial charge in [-0.15, -0.1) is 6.58 Å². The van der Waals surface area contributed by atoms with Gasteiger partial charge in [0.25, 0.3) is 0 Å². The molecule has 50 valence electrons. The molecule has 0 aliphatic carbocycles. The van der Waals surface area contributed by atoms with E-state index in [1.54, 1.807) is 6.08 Å². The van der Waals surface area contributed by atoms with E-state index in [9.17, 15) is 0 Å². The van der Waals surface area contributed by atoms with Crippen LogP contribution in [0.4, 0.5) is 18.8 Å². The molecule has 0 heterocycles.